The Morgan fingerprint density at radius 3 is 2.94 bits per heavy atom. The minimum Gasteiger partial charge on any atom is -0.361 e. The average molecular weight is 268 g/mol. The molecule has 5 nitrogen and oxygen atoms in total. The molecule has 1 saturated heterocycles. The van der Waals surface area contributed by atoms with Crippen LogP contribution < -0.4 is 0 Å². The number of sulfone groups is 1. The van der Waals surface area contributed by atoms with Crippen LogP contribution in [0.2, 0.25) is 0 Å². The Kier molecular flexibility index (Phi) is 3.73. The highest BCUT2D eigenvalue weighted by molar-refractivity contribution is 7.91. The van der Waals surface area contributed by atoms with Crippen LogP contribution in [0.15, 0.2) is 10.6 Å². The van der Waals surface area contributed by atoms with Crippen molar-refractivity contribution < 1.29 is 12.9 Å². The van der Waals surface area contributed by atoms with E-state index in [1.54, 1.807) is 0 Å². The van der Waals surface area contributed by atoms with Gasteiger partial charge in [0, 0.05) is 18.7 Å². The summed E-state index contributed by atoms with van der Waals surface area (Å²) in [7, 11) is -2.90. The molecule has 1 fully saturated rings. The summed E-state index contributed by atoms with van der Waals surface area (Å²) < 4.78 is 28.0. The lowest BCUT2D eigenvalue weighted by Crippen LogP contribution is -2.36. The summed E-state index contributed by atoms with van der Waals surface area (Å²) >= 11 is 0. The molecule has 1 aliphatic rings. The van der Waals surface area contributed by atoms with Gasteiger partial charge in [0.15, 0.2) is 9.84 Å². The zero-order valence-corrected chi connectivity index (χ0v) is 11.1. The minimum absolute atomic E-state index is 0.0111. The molecule has 1 aliphatic heterocycles. The molecule has 0 N–H and O–H groups in total. The smallest absolute Gasteiger partial charge is 0.151 e. The lowest BCUT2D eigenvalue weighted by Gasteiger charge is -2.24. The minimum atomic E-state index is -2.90. The van der Waals surface area contributed by atoms with Crippen molar-refractivity contribution in [1.29, 1.82) is 0 Å². The van der Waals surface area contributed by atoms with E-state index in [-0.39, 0.29) is 17.5 Å². The van der Waals surface area contributed by atoms with E-state index in [9.17, 15) is 8.42 Å². The first-order valence-electron chi connectivity index (χ1n) is 5.80. The molecular formula is C12H16N2O3S. The maximum Gasteiger partial charge on any atom is 0.151 e. The summed E-state index contributed by atoms with van der Waals surface area (Å²) in [4.78, 5) is 1.97. The molecule has 2 rings (SSSR count). The van der Waals surface area contributed by atoms with E-state index in [0.29, 0.717) is 19.5 Å². The standard InChI is InChI=1S/C12H16N2O3S/c1-3-5-14(8-11-7-10(2)17-13-11)12-4-6-18(15,16)9-12/h1,7,12H,4-6,8-9H2,2H3/t12-/m1/s1. The van der Waals surface area contributed by atoms with Gasteiger partial charge in [-0.15, -0.1) is 6.42 Å². The van der Waals surface area contributed by atoms with E-state index in [0.717, 1.165) is 11.5 Å². The summed E-state index contributed by atoms with van der Waals surface area (Å²) in [6.45, 7) is 2.77. The number of nitrogens with zero attached hydrogens (tertiary/aromatic N) is 2. The Bertz CT molecular complexity index is 556. The van der Waals surface area contributed by atoms with Crippen LogP contribution in [0.1, 0.15) is 17.9 Å². The van der Waals surface area contributed by atoms with Crippen molar-refractivity contribution in [3.05, 3.63) is 17.5 Å². The van der Waals surface area contributed by atoms with E-state index < -0.39 is 9.84 Å². The predicted molar refractivity (Wildman–Crippen MR) is 67.5 cm³/mol. The first-order chi connectivity index (χ1) is 8.50. The molecule has 0 aromatic carbocycles. The van der Waals surface area contributed by atoms with Crippen molar-refractivity contribution in [2.45, 2.75) is 25.9 Å². The number of hydrogen-bond donors (Lipinski definition) is 0. The summed E-state index contributed by atoms with van der Waals surface area (Å²) in [5.41, 5.74) is 0.784. The Hall–Kier alpha value is -1.32. The van der Waals surface area contributed by atoms with Crippen molar-refractivity contribution >= 4 is 9.84 Å². The Labute approximate surface area is 107 Å². The molecule has 1 atom stereocenters. The molecule has 1 aromatic heterocycles. The first kappa shape index (κ1) is 13.1. The van der Waals surface area contributed by atoms with Crippen molar-refractivity contribution in [2.24, 2.45) is 0 Å². The monoisotopic (exact) mass is 268 g/mol. The largest absolute Gasteiger partial charge is 0.361 e. The van der Waals surface area contributed by atoms with E-state index in [4.69, 9.17) is 10.9 Å². The molecular weight excluding hydrogens is 252 g/mol. The second kappa shape index (κ2) is 5.12. The topological polar surface area (TPSA) is 63.4 Å². The van der Waals surface area contributed by atoms with Crippen LogP contribution in [0, 0.1) is 19.3 Å². The van der Waals surface area contributed by atoms with Crippen LogP contribution >= 0.6 is 0 Å². The van der Waals surface area contributed by atoms with Gasteiger partial charge in [0.1, 0.15) is 5.76 Å². The Morgan fingerprint density at radius 1 is 1.67 bits per heavy atom. The summed E-state index contributed by atoms with van der Waals surface area (Å²) in [6, 6.07) is 1.83. The molecule has 0 saturated carbocycles. The van der Waals surface area contributed by atoms with Gasteiger partial charge in [0.25, 0.3) is 0 Å². The summed E-state index contributed by atoms with van der Waals surface area (Å²) in [5.74, 6) is 3.74. The third-order valence-electron chi connectivity index (χ3n) is 3.06. The second-order valence-electron chi connectivity index (χ2n) is 4.59. The second-order valence-corrected chi connectivity index (χ2v) is 6.82. The molecule has 18 heavy (non-hydrogen) atoms. The number of hydrogen-bond acceptors (Lipinski definition) is 5. The van der Waals surface area contributed by atoms with Gasteiger partial charge in [0.05, 0.1) is 23.7 Å². The van der Waals surface area contributed by atoms with Gasteiger partial charge >= 0.3 is 0 Å². The molecule has 0 unspecified atom stereocenters. The highest BCUT2D eigenvalue weighted by Crippen LogP contribution is 2.19. The zero-order chi connectivity index (χ0) is 13.2. The highest BCUT2D eigenvalue weighted by atomic mass is 32.2. The van der Waals surface area contributed by atoms with Crippen molar-refractivity contribution in [2.75, 3.05) is 18.1 Å². The van der Waals surface area contributed by atoms with Gasteiger partial charge < -0.3 is 4.52 Å². The zero-order valence-electron chi connectivity index (χ0n) is 10.3. The number of aromatic nitrogens is 1. The number of rotatable bonds is 4. The predicted octanol–water partition coefficient (Wildman–Crippen LogP) is 0.605. The van der Waals surface area contributed by atoms with Crippen LogP contribution in [0.25, 0.3) is 0 Å². The normalized spacial score (nSPS) is 22.2. The molecule has 1 aromatic rings. The molecule has 0 spiro atoms. The Balaban J connectivity index is 2.07. The lowest BCUT2D eigenvalue weighted by atomic mass is 10.2. The highest BCUT2D eigenvalue weighted by Gasteiger charge is 2.32. The van der Waals surface area contributed by atoms with Crippen molar-refractivity contribution in [1.82, 2.24) is 10.1 Å². The third kappa shape index (κ3) is 3.12. The van der Waals surface area contributed by atoms with Gasteiger partial charge in [-0.1, -0.05) is 11.1 Å². The molecule has 98 valence electrons. The van der Waals surface area contributed by atoms with Gasteiger partial charge in [-0.2, -0.15) is 0 Å². The molecule has 0 radical (unpaired) electrons. The SMILES string of the molecule is C#CCN(Cc1cc(C)on1)[C@@H]1CCS(=O)(=O)C1. The van der Waals surface area contributed by atoms with Gasteiger partial charge in [-0.3, -0.25) is 4.90 Å². The molecule has 6 heteroatoms. The fourth-order valence-electron chi connectivity index (χ4n) is 2.20. The quantitative estimate of drug-likeness (QED) is 0.748. The first-order valence-corrected chi connectivity index (χ1v) is 7.62. The fraction of sp³-hybridized carbons (Fsp3) is 0.583. The number of aryl methyl sites for hydroxylation is 1. The van der Waals surface area contributed by atoms with Crippen molar-refractivity contribution in [3.63, 3.8) is 0 Å². The van der Waals surface area contributed by atoms with Crippen LogP contribution in [0.5, 0.6) is 0 Å². The van der Waals surface area contributed by atoms with E-state index in [1.807, 2.05) is 17.9 Å². The number of terminal acetylenes is 1. The lowest BCUT2D eigenvalue weighted by molar-refractivity contribution is 0.223. The van der Waals surface area contributed by atoms with E-state index >= 15 is 0 Å². The molecule has 0 aliphatic carbocycles. The van der Waals surface area contributed by atoms with Gasteiger partial charge in [0.2, 0.25) is 0 Å². The van der Waals surface area contributed by atoms with E-state index in [2.05, 4.69) is 11.1 Å². The van der Waals surface area contributed by atoms with Gasteiger partial charge in [-0.05, 0) is 13.3 Å². The fourth-order valence-corrected chi connectivity index (χ4v) is 3.96. The molecule has 0 bridgehead atoms. The van der Waals surface area contributed by atoms with E-state index in [1.165, 1.54) is 0 Å². The van der Waals surface area contributed by atoms with Crippen LogP contribution in [-0.2, 0) is 16.4 Å². The van der Waals surface area contributed by atoms with Crippen molar-refractivity contribution in [3.8, 4) is 12.3 Å². The summed E-state index contributed by atoms with van der Waals surface area (Å²) in [6.07, 6.45) is 5.98. The average Bonchev–Trinajstić information content (AvgIpc) is 2.84. The maximum absolute atomic E-state index is 11.5. The summed E-state index contributed by atoms with van der Waals surface area (Å²) in [5, 5.41) is 3.91. The maximum atomic E-state index is 11.5. The third-order valence-corrected chi connectivity index (χ3v) is 4.81. The van der Waals surface area contributed by atoms with Crippen LogP contribution in [0.3, 0.4) is 0 Å². The molecule has 2 heterocycles. The van der Waals surface area contributed by atoms with Gasteiger partial charge in [-0.25, -0.2) is 8.42 Å². The molecule has 0 amide bonds. The van der Waals surface area contributed by atoms with Crippen LogP contribution in [-0.4, -0.2) is 42.6 Å². The Morgan fingerprint density at radius 2 is 2.44 bits per heavy atom. The van der Waals surface area contributed by atoms with Crippen LogP contribution in [0.4, 0.5) is 0 Å².